The number of nitrogens with zero attached hydrogens (tertiary/aromatic N) is 2. The molecule has 0 aliphatic carbocycles. The highest BCUT2D eigenvalue weighted by Gasteiger charge is 2.49. The van der Waals surface area contributed by atoms with Crippen molar-refractivity contribution in [3.63, 3.8) is 0 Å². The predicted octanol–water partition coefficient (Wildman–Crippen LogP) is 1.02. The molecule has 1 aromatic rings. The fraction of sp³-hybridized carbons (Fsp3) is 0.579. The van der Waals surface area contributed by atoms with Gasteiger partial charge in [0.2, 0.25) is 5.91 Å². The zero-order valence-corrected chi connectivity index (χ0v) is 14.7. The van der Waals surface area contributed by atoms with Crippen LogP contribution >= 0.6 is 0 Å². The number of carbonyl (C=O) groups excluding carboxylic acids is 2. The summed E-state index contributed by atoms with van der Waals surface area (Å²) < 4.78 is 18.4. The van der Waals surface area contributed by atoms with Crippen LogP contribution in [0.25, 0.3) is 0 Å². The van der Waals surface area contributed by atoms with Gasteiger partial charge >= 0.3 is 0 Å². The van der Waals surface area contributed by atoms with Crippen LogP contribution < -0.4 is 10.1 Å². The number of likely N-dealkylation sites (tertiary alicyclic amines) is 1. The topological polar surface area (TPSA) is 61.9 Å². The van der Waals surface area contributed by atoms with Gasteiger partial charge in [-0.15, -0.1) is 0 Å². The normalized spacial score (nSPS) is 25.0. The first-order chi connectivity index (χ1) is 12.5. The predicted molar refractivity (Wildman–Crippen MR) is 93.1 cm³/mol. The summed E-state index contributed by atoms with van der Waals surface area (Å²) in [7, 11) is 0. The van der Waals surface area contributed by atoms with Crippen molar-refractivity contribution in [2.24, 2.45) is 5.41 Å². The van der Waals surface area contributed by atoms with Gasteiger partial charge < -0.3 is 15.0 Å². The average Bonchev–Trinajstić information content (AvgIpc) is 3.01. The lowest BCUT2D eigenvalue weighted by Crippen LogP contribution is -2.52. The van der Waals surface area contributed by atoms with Gasteiger partial charge in [0.25, 0.3) is 5.91 Å². The number of hydrogen-bond acceptors (Lipinski definition) is 4. The Bertz CT molecular complexity index is 686. The molecule has 1 aromatic carbocycles. The number of halogens is 1. The summed E-state index contributed by atoms with van der Waals surface area (Å²) in [6.45, 7) is 3.99. The molecule has 2 amide bonds. The second-order valence-electron chi connectivity index (χ2n) is 7.60. The lowest BCUT2D eigenvalue weighted by molar-refractivity contribution is -0.135. The third-order valence-corrected chi connectivity index (χ3v) is 5.96. The van der Waals surface area contributed by atoms with Gasteiger partial charge in [-0.05, 0) is 48.9 Å². The van der Waals surface area contributed by atoms with Gasteiger partial charge in [0, 0.05) is 32.7 Å². The Kier molecular flexibility index (Phi) is 4.56. The Labute approximate surface area is 152 Å². The fourth-order valence-electron chi connectivity index (χ4n) is 4.44. The Morgan fingerprint density at radius 1 is 1.23 bits per heavy atom. The van der Waals surface area contributed by atoms with Crippen molar-refractivity contribution in [3.05, 3.63) is 30.1 Å². The fourth-order valence-corrected chi connectivity index (χ4v) is 4.44. The largest absolute Gasteiger partial charge is 0.484 e. The molecular weight excluding hydrogens is 337 g/mol. The Hall–Kier alpha value is -2.15. The number of benzene rings is 1. The van der Waals surface area contributed by atoms with Gasteiger partial charge in [-0.1, -0.05) is 0 Å². The summed E-state index contributed by atoms with van der Waals surface area (Å²) in [5.74, 6) is 0.274. The third-order valence-electron chi connectivity index (χ3n) is 5.96. The summed E-state index contributed by atoms with van der Waals surface area (Å²) in [5, 5.41) is 2.95. The Morgan fingerprint density at radius 3 is 2.65 bits per heavy atom. The summed E-state index contributed by atoms with van der Waals surface area (Å²) in [6, 6.07) is 5.68. The summed E-state index contributed by atoms with van der Waals surface area (Å²) in [4.78, 5) is 28.6. The van der Waals surface area contributed by atoms with E-state index in [1.807, 2.05) is 4.90 Å². The van der Waals surface area contributed by atoms with Crippen LogP contribution in [0.4, 0.5) is 4.39 Å². The number of nitrogens with one attached hydrogen (secondary N) is 1. The number of carbonyl (C=O) groups is 2. The minimum absolute atomic E-state index is 0.00723. The summed E-state index contributed by atoms with van der Waals surface area (Å²) >= 11 is 0. The molecule has 1 spiro atoms. The van der Waals surface area contributed by atoms with Gasteiger partial charge in [-0.2, -0.15) is 0 Å². The van der Waals surface area contributed by atoms with Gasteiger partial charge in [0.1, 0.15) is 11.6 Å². The number of rotatable bonds is 3. The zero-order chi connectivity index (χ0) is 18.1. The monoisotopic (exact) mass is 361 g/mol. The molecule has 3 aliphatic heterocycles. The summed E-state index contributed by atoms with van der Waals surface area (Å²) in [6.07, 6.45) is 2.75. The Morgan fingerprint density at radius 2 is 1.96 bits per heavy atom. The van der Waals surface area contributed by atoms with Crippen LogP contribution in [0, 0.1) is 11.2 Å². The molecule has 0 aromatic heterocycles. The van der Waals surface area contributed by atoms with E-state index in [9.17, 15) is 14.0 Å². The molecule has 26 heavy (non-hydrogen) atoms. The van der Waals surface area contributed by atoms with E-state index in [4.69, 9.17) is 4.74 Å². The maximum Gasteiger partial charge on any atom is 0.260 e. The van der Waals surface area contributed by atoms with E-state index in [-0.39, 0.29) is 35.7 Å². The van der Waals surface area contributed by atoms with E-state index >= 15 is 0 Å². The number of piperazine rings is 1. The van der Waals surface area contributed by atoms with Crippen molar-refractivity contribution < 1.29 is 18.7 Å². The molecule has 3 aliphatic rings. The third kappa shape index (κ3) is 3.40. The zero-order valence-electron chi connectivity index (χ0n) is 14.7. The van der Waals surface area contributed by atoms with Crippen molar-refractivity contribution >= 4 is 11.8 Å². The quantitative estimate of drug-likeness (QED) is 0.873. The second kappa shape index (κ2) is 6.87. The maximum atomic E-state index is 12.9. The SMILES string of the molecule is O=C1NCCN2CC3(CCN(C(=O)COc4ccc(F)cc4)CC3)CC12. The number of amides is 2. The average molecular weight is 361 g/mol. The van der Waals surface area contributed by atoms with Crippen LogP contribution in [-0.4, -0.2) is 67.0 Å². The van der Waals surface area contributed by atoms with Gasteiger partial charge in [-0.3, -0.25) is 14.5 Å². The number of fused-ring (bicyclic) bond motifs is 1. The number of hydrogen-bond donors (Lipinski definition) is 1. The maximum absolute atomic E-state index is 12.9. The van der Waals surface area contributed by atoms with Crippen LogP contribution in [0.1, 0.15) is 19.3 Å². The van der Waals surface area contributed by atoms with E-state index < -0.39 is 0 Å². The molecule has 1 N–H and O–H groups in total. The number of piperidine rings is 1. The highest BCUT2D eigenvalue weighted by Crippen LogP contribution is 2.43. The van der Waals surface area contributed by atoms with Crippen LogP contribution in [0.15, 0.2) is 24.3 Å². The van der Waals surface area contributed by atoms with Crippen LogP contribution in [0.2, 0.25) is 0 Å². The molecule has 3 saturated heterocycles. The molecule has 6 nitrogen and oxygen atoms in total. The van der Waals surface area contributed by atoms with Crippen LogP contribution in [-0.2, 0) is 9.59 Å². The van der Waals surface area contributed by atoms with E-state index in [1.54, 1.807) is 0 Å². The van der Waals surface area contributed by atoms with Gasteiger partial charge in [0.15, 0.2) is 6.61 Å². The van der Waals surface area contributed by atoms with Crippen LogP contribution in [0.5, 0.6) is 5.75 Å². The molecule has 3 heterocycles. The molecule has 140 valence electrons. The number of ether oxygens (including phenoxy) is 1. The molecule has 1 unspecified atom stereocenters. The van der Waals surface area contributed by atoms with Gasteiger partial charge in [-0.25, -0.2) is 4.39 Å². The van der Waals surface area contributed by atoms with E-state index in [1.165, 1.54) is 24.3 Å². The highest BCUT2D eigenvalue weighted by molar-refractivity contribution is 5.83. The molecule has 3 fully saturated rings. The molecule has 7 heteroatoms. The smallest absolute Gasteiger partial charge is 0.260 e. The first-order valence-corrected chi connectivity index (χ1v) is 9.23. The molecule has 1 atom stereocenters. The van der Waals surface area contributed by atoms with Gasteiger partial charge in [0.05, 0.1) is 6.04 Å². The second-order valence-corrected chi connectivity index (χ2v) is 7.60. The molecule has 0 radical (unpaired) electrons. The van der Waals surface area contributed by atoms with Crippen molar-refractivity contribution in [3.8, 4) is 5.75 Å². The van der Waals surface area contributed by atoms with Crippen molar-refractivity contribution in [2.75, 3.05) is 39.3 Å². The van der Waals surface area contributed by atoms with E-state index in [2.05, 4.69) is 10.2 Å². The standard InChI is InChI=1S/C19H24FN3O3/c20-14-1-3-15(4-2-14)26-12-17(24)22-8-5-19(6-9-22)11-16-18(25)21-7-10-23(16)13-19/h1-4,16H,5-13H2,(H,21,25). The van der Waals surface area contributed by atoms with Crippen molar-refractivity contribution in [1.29, 1.82) is 0 Å². The summed E-state index contributed by atoms with van der Waals surface area (Å²) in [5.41, 5.74) is 0.154. The first-order valence-electron chi connectivity index (χ1n) is 9.23. The minimum atomic E-state index is -0.327. The van der Waals surface area contributed by atoms with Crippen LogP contribution in [0.3, 0.4) is 0 Å². The molecule has 0 saturated carbocycles. The minimum Gasteiger partial charge on any atom is -0.484 e. The lowest BCUT2D eigenvalue weighted by Gasteiger charge is -2.39. The first kappa shape index (κ1) is 17.3. The van der Waals surface area contributed by atoms with Crippen molar-refractivity contribution in [2.45, 2.75) is 25.3 Å². The van der Waals surface area contributed by atoms with E-state index in [0.717, 1.165) is 38.9 Å². The Balaban J connectivity index is 1.29. The molecular formula is C19H24FN3O3. The van der Waals surface area contributed by atoms with Crippen molar-refractivity contribution in [1.82, 2.24) is 15.1 Å². The lowest BCUT2D eigenvalue weighted by atomic mass is 9.76. The molecule has 0 bridgehead atoms. The highest BCUT2D eigenvalue weighted by atomic mass is 19.1. The van der Waals surface area contributed by atoms with E-state index in [0.29, 0.717) is 18.8 Å². The molecule has 4 rings (SSSR count).